The fraction of sp³-hybridized carbons (Fsp3) is 0. The molecule has 1 aromatic heterocycles. The average molecular weight is 388 g/mol. The molecule has 0 aliphatic rings. The number of carbonyl (C=O) groups is 1. The second kappa shape index (κ2) is 9.00. The molecule has 0 bridgehead atoms. The first-order valence-electron chi connectivity index (χ1n) is 8.62. The number of H-pyrrole nitrogens is 1. The van der Waals surface area contributed by atoms with Gasteiger partial charge in [0, 0.05) is 35.0 Å². The number of anilines is 3. The molecule has 0 radical (unpaired) electrons. The van der Waals surface area contributed by atoms with Gasteiger partial charge in [-0.1, -0.05) is 6.07 Å². The Hall–Kier alpha value is -4.40. The van der Waals surface area contributed by atoms with Crippen LogP contribution in [0.25, 0.3) is 0 Å². The van der Waals surface area contributed by atoms with Crippen molar-refractivity contribution in [2.45, 2.75) is 0 Å². The second-order valence-electron chi connectivity index (χ2n) is 5.97. The highest BCUT2D eigenvalue weighted by Gasteiger charge is 2.07. The number of nitrogen functional groups attached to an aromatic ring is 1. The number of hydrogen-bond acceptors (Lipinski definition) is 6. The zero-order chi connectivity index (χ0) is 20.6. The van der Waals surface area contributed by atoms with Gasteiger partial charge in [0.1, 0.15) is 11.5 Å². The fourth-order valence-electron chi connectivity index (χ4n) is 2.43. The van der Waals surface area contributed by atoms with Crippen molar-refractivity contribution in [1.29, 1.82) is 5.41 Å². The Labute approximate surface area is 167 Å². The van der Waals surface area contributed by atoms with Crippen molar-refractivity contribution in [3.05, 3.63) is 78.5 Å². The molecule has 1 amide bonds. The summed E-state index contributed by atoms with van der Waals surface area (Å²) in [7, 11) is 0. The van der Waals surface area contributed by atoms with E-state index in [0.29, 0.717) is 28.3 Å². The van der Waals surface area contributed by atoms with Crippen LogP contribution in [0.1, 0.15) is 16.1 Å². The first-order valence-corrected chi connectivity index (χ1v) is 8.62. The van der Waals surface area contributed by atoms with E-state index in [-0.39, 0.29) is 11.7 Å². The van der Waals surface area contributed by atoms with Gasteiger partial charge in [-0.25, -0.2) is 9.98 Å². The molecule has 0 unspecified atom stereocenters. The van der Waals surface area contributed by atoms with Crippen molar-refractivity contribution in [1.82, 2.24) is 9.97 Å². The molecular formula is C20H20N8O. The molecule has 3 aromatic rings. The van der Waals surface area contributed by atoms with Gasteiger partial charge < -0.3 is 32.5 Å². The van der Waals surface area contributed by atoms with Crippen molar-refractivity contribution in [3.63, 3.8) is 0 Å². The normalized spacial score (nSPS) is 11.4. The minimum Gasteiger partial charge on any atom is -0.398 e. The van der Waals surface area contributed by atoms with Crippen LogP contribution >= 0.6 is 0 Å². The minimum atomic E-state index is -0.278. The molecule has 0 aliphatic carbocycles. The summed E-state index contributed by atoms with van der Waals surface area (Å²) < 4.78 is 0. The van der Waals surface area contributed by atoms with E-state index < -0.39 is 0 Å². The number of hydrogen-bond donors (Lipinski definition) is 6. The highest BCUT2D eigenvalue weighted by Crippen LogP contribution is 2.19. The molecule has 29 heavy (non-hydrogen) atoms. The molecule has 3 rings (SSSR count). The van der Waals surface area contributed by atoms with Gasteiger partial charge in [-0.05, 0) is 42.5 Å². The molecule has 9 heteroatoms. The smallest absolute Gasteiger partial charge is 0.273 e. The predicted molar refractivity (Wildman–Crippen MR) is 116 cm³/mol. The number of nitrogens with one attached hydrogen (secondary N) is 4. The number of aromatic amines is 1. The van der Waals surface area contributed by atoms with Gasteiger partial charge >= 0.3 is 0 Å². The van der Waals surface area contributed by atoms with E-state index in [0.717, 1.165) is 5.69 Å². The Kier molecular flexibility index (Phi) is 6.01. The molecule has 1 heterocycles. The zero-order valence-electron chi connectivity index (χ0n) is 15.4. The monoisotopic (exact) mass is 388 g/mol. The van der Waals surface area contributed by atoms with Crippen LogP contribution in [0.4, 0.5) is 22.7 Å². The van der Waals surface area contributed by atoms with E-state index in [1.165, 1.54) is 18.7 Å². The van der Waals surface area contributed by atoms with Crippen molar-refractivity contribution in [2.75, 3.05) is 16.4 Å². The molecule has 8 N–H and O–H groups in total. The van der Waals surface area contributed by atoms with Crippen molar-refractivity contribution in [2.24, 2.45) is 10.7 Å². The summed E-state index contributed by atoms with van der Waals surface area (Å²) in [4.78, 5) is 22.9. The standard InChI is InChI=1S/C20H20N8O/c21-10-13-8-16(4-5-17(13)22)27-19(23)6-7-25-14-2-1-3-15(9-14)28-20(29)18-11-24-12-26-18/h1-12,21,25H,22H2,(H2,23,27)(H,24,26)(H,28,29)/b7-6-,21-10?. The highest BCUT2D eigenvalue weighted by molar-refractivity contribution is 6.03. The molecule has 2 aromatic carbocycles. The summed E-state index contributed by atoms with van der Waals surface area (Å²) in [5.74, 6) is 0.00117. The number of amides is 1. The molecule has 0 saturated carbocycles. The number of amidine groups is 1. The molecule has 0 aliphatic heterocycles. The molecule has 0 fully saturated rings. The largest absolute Gasteiger partial charge is 0.398 e. The number of aromatic nitrogens is 2. The van der Waals surface area contributed by atoms with Crippen LogP contribution in [-0.4, -0.2) is 27.9 Å². The van der Waals surface area contributed by atoms with Gasteiger partial charge in [0.15, 0.2) is 0 Å². The highest BCUT2D eigenvalue weighted by atomic mass is 16.1. The molecular weight excluding hydrogens is 368 g/mol. The zero-order valence-corrected chi connectivity index (χ0v) is 15.4. The number of nitrogens with zero attached hydrogens (tertiary/aromatic N) is 2. The second-order valence-corrected chi connectivity index (χ2v) is 5.97. The fourth-order valence-corrected chi connectivity index (χ4v) is 2.43. The number of nitrogens with two attached hydrogens (primary N) is 2. The minimum absolute atomic E-state index is 0.278. The van der Waals surface area contributed by atoms with Crippen LogP contribution in [0.3, 0.4) is 0 Å². The lowest BCUT2D eigenvalue weighted by Gasteiger charge is -2.06. The van der Waals surface area contributed by atoms with Gasteiger partial charge in [0.05, 0.1) is 18.2 Å². The summed E-state index contributed by atoms with van der Waals surface area (Å²) in [6, 6.07) is 12.3. The lowest BCUT2D eigenvalue weighted by Crippen LogP contribution is -2.12. The van der Waals surface area contributed by atoms with Crippen molar-refractivity contribution < 1.29 is 4.79 Å². The summed E-state index contributed by atoms with van der Waals surface area (Å²) >= 11 is 0. The Morgan fingerprint density at radius 2 is 2.03 bits per heavy atom. The number of imidazole rings is 1. The Balaban J connectivity index is 1.62. The number of benzene rings is 2. The third kappa shape index (κ3) is 5.30. The van der Waals surface area contributed by atoms with Crippen molar-refractivity contribution >= 4 is 40.7 Å². The summed E-state index contributed by atoms with van der Waals surface area (Å²) in [6.45, 7) is 0. The predicted octanol–water partition coefficient (Wildman–Crippen LogP) is 2.86. The van der Waals surface area contributed by atoms with Crippen LogP contribution < -0.4 is 22.1 Å². The lowest BCUT2D eigenvalue weighted by molar-refractivity contribution is 0.102. The lowest BCUT2D eigenvalue weighted by atomic mass is 10.2. The summed E-state index contributed by atoms with van der Waals surface area (Å²) in [5.41, 5.74) is 15.1. The Bertz CT molecular complexity index is 1070. The summed E-state index contributed by atoms with van der Waals surface area (Å²) in [6.07, 6.45) is 7.31. The Morgan fingerprint density at radius 3 is 2.79 bits per heavy atom. The van der Waals surface area contributed by atoms with E-state index in [4.69, 9.17) is 16.9 Å². The van der Waals surface area contributed by atoms with Crippen LogP contribution in [0.15, 0.2) is 72.3 Å². The quantitative estimate of drug-likeness (QED) is 0.208. The number of aliphatic imine (C=N–C) groups is 1. The molecule has 0 spiro atoms. The third-order valence-electron chi connectivity index (χ3n) is 3.85. The first-order chi connectivity index (χ1) is 14.0. The van der Waals surface area contributed by atoms with Gasteiger partial charge in [-0.15, -0.1) is 0 Å². The van der Waals surface area contributed by atoms with E-state index >= 15 is 0 Å². The molecule has 9 nitrogen and oxygen atoms in total. The maximum Gasteiger partial charge on any atom is 0.273 e. The molecule has 0 saturated heterocycles. The third-order valence-corrected chi connectivity index (χ3v) is 3.85. The Morgan fingerprint density at radius 1 is 1.21 bits per heavy atom. The first kappa shape index (κ1) is 19.4. The van der Waals surface area contributed by atoms with Crippen molar-refractivity contribution in [3.8, 4) is 0 Å². The maximum atomic E-state index is 12.1. The van der Waals surface area contributed by atoms with Gasteiger partial charge in [-0.3, -0.25) is 4.79 Å². The van der Waals surface area contributed by atoms with Crippen LogP contribution in [-0.2, 0) is 0 Å². The van der Waals surface area contributed by atoms with Crippen LogP contribution in [0.5, 0.6) is 0 Å². The van der Waals surface area contributed by atoms with Crippen LogP contribution in [0.2, 0.25) is 0 Å². The molecule has 0 atom stereocenters. The van der Waals surface area contributed by atoms with E-state index in [1.54, 1.807) is 42.6 Å². The van der Waals surface area contributed by atoms with E-state index in [1.807, 2.05) is 12.1 Å². The molecule has 146 valence electrons. The SMILES string of the molecule is N=Cc1cc(N=C(N)/C=C\Nc2cccc(NC(=O)c3cnc[nH]3)c2)ccc1N. The van der Waals surface area contributed by atoms with Crippen LogP contribution in [0, 0.1) is 5.41 Å². The van der Waals surface area contributed by atoms with Gasteiger partial charge in [0.25, 0.3) is 5.91 Å². The maximum absolute atomic E-state index is 12.1. The van der Waals surface area contributed by atoms with E-state index in [2.05, 4.69) is 25.6 Å². The summed E-state index contributed by atoms with van der Waals surface area (Å²) in [5, 5.41) is 13.2. The average Bonchev–Trinajstić information content (AvgIpc) is 3.25. The number of carbonyl (C=O) groups excluding carboxylic acids is 1. The topological polar surface area (TPSA) is 158 Å². The number of rotatable bonds is 7. The van der Waals surface area contributed by atoms with E-state index in [9.17, 15) is 4.79 Å². The van der Waals surface area contributed by atoms with Gasteiger partial charge in [0.2, 0.25) is 0 Å². The van der Waals surface area contributed by atoms with Gasteiger partial charge in [-0.2, -0.15) is 0 Å².